The highest BCUT2D eigenvalue weighted by atomic mass is 16.5. The summed E-state index contributed by atoms with van der Waals surface area (Å²) in [5.74, 6) is 5.27. The molecule has 28 heavy (non-hydrogen) atoms. The molecule has 0 unspecified atom stereocenters. The predicted molar refractivity (Wildman–Crippen MR) is 103 cm³/mol. The standard InChI is InChI=1S/C20H25N3O5/c1-20(2,21)17(19(25)23-26)22-18(24)15-5-7-16(8-6-15)28-11-3-4-14-9-12-27-13-10-14/h5-9,17,26H,10-13,21H2,1-2H3,(H,22,24)(H,23,25)/t17-/m1/s1. The molecule has 0 saturated carbocycles. The molecule has 1 atom stereocenters. The summed E-state index contributed by atoms with van der Waals surface area (Å²) in [6.07, 6.45) is 2.77. The highest BCUT2D eigenvalue weighted by Crippen LogP contribution is 2.13. The fourth-order valence-corrected chi connectivity index (χ4v) is 2.48. The Hall–Kier alpha value is -2.86. The molecule has 2 amide bonds. The first-order valence-corrected chi connectivity index (χ1v) is 8.83. The summed E-state index contributed by atoms with van der Waals surface area (Å²) in [5.41, 5.74) is 7.72. The molecule has 0 aliphatic carbocycles. The molecule has 8 nitrogen and oxygen atoms in total. The molecule has 1 aromatic carbocycles. The highest BCUT2D eigenvalue weighted by molar-refractivity contribution is 5.97. The Balaban J connectivity index is 1.92. The van der Waals surface area contributed by atoms with Gasteiger partial charge in [0.05, 0.1) is 13.2 Å². The van der Waals surface area contributed by atoms with Gasteiger partial charge in [0.1, 0.15) is 18.4 Å². The van der Waals surface area contributed by atoms with Crippen LogP contribution in [0.15, 0.2) is 35.9 Å². The number of carbonyl (C=O) groups is 2. The average Bonchev–Trinajstić information content (AvgIpc) is 2.69. The fraction of sp³-hybridized carbons (Fsp3) is 0.400. The number of hydroxylamine groups is 1. The lowest BCUT2D eigenvalue weighted by Gasteiger charge is -2.29. The Morgan fingerprint density at radius 2 is 2.07 bits per heavy atom. The molecule has 8 heteroatoms. The molecule has 0 spiro atoms. The molecule has 0 saturated heterocycles. The van der Waals surface area contributed by atoms with Crippen LogP contribution < -0.4 is 21.3 Å². The summed E-state index contributed by atoms with van der Waals surface area (Å²) < 4.78 is 10.8. The van der Waals surface area contributed by atoms with E-state index in [0.29, 0.717) is 24.5 Å². The van der Waals surface area contributed by atoms with Crippen molar-refractivity contribution < 1.29 is 24.3 Å². The van der Waals surface area contributed by atoms with E-state index in [4.69, 9.17) is 20.4 Å². The maximum atomic E-state index is 12.4. The molecule has 1 aliphatic rings. The molecule has 1 heterocycles. The van der Waals surface area contributed by atoms with Gasteiger partial charge in [0, 0.05) is 23.1 Å². The minimum Gasteiger partial charge on any atom is -0.481 e. The zero-order valence-corrected chi connectivity index (χ0v) is 16.0. The third kappa shape index (κ3) is 6.39. The van der Waals surface area contributed by atoms with E-state index < -0.39 is 23.4 Å². The van der Waals surface area contributed by atoms with Crippen LogP contribution >= 0.6 is 0 Å². The summed E-state index contributed by atoms with van der Waals surface area (Å²) >= 11 is 0. The van der Waals surface area contributed by atoms with Gasteiger partial charge in [0.2, 0.25) is 0 Å². The number of rotatable bonds is 6. The van der Waals surface area contributed by atoms with Gasteiger partial charge in [-0.1, -0.05) is 11.8 Å². The Morgan fingerprint density at radius 3 is 2.64 bits per heavy atom. The summed E-state index contributed by atoms with van der Waals surface area (Å²) in [5, 5.41) is 11.3. The maximum absolute atomic E-state index is 12.4. The van der Waals surface area contributed by atoms with E-state index in [1.165, 1.54) is 5.48 Å². The van der Waals surface area contributed by atoms with E-state index in [1.807, 2.05) is 6.08 Å². The molecule has 2 rings (SSSR count). The van der Waals surface area contributed by atoms with Crippen LogP contribution in [-0.4, -0.2) is 48.4 Å². The Bertz CT molecular complexity index is 785. The third-order valence-corrected chi connectivity index (χ3v) is 4.03. The maximum Gasteiger partial charge on any atom is 0.267 e. The lowest BCUT2D eigenvalue weighted by molar-refractivity contribution is -0.132. The van der Waals surface area contributed by atoms with E-state index in [2.05, 4.69) is 17.2 Å². The number of hydrogen-bond donors (Lipinski definition) is 4. The first kappa shape index (κ1) is 21.4. The molecular weight excluding hydrogens is 362 g/mol. The normalized spacial score (nSPS) is 14.8. The second-order valence-corrected chi connectivity index (χ2v) is 6.87. The van der Waals surface area contributed by atoms with Crippen molar-refractivity contribution in [2.75, 3.05) is 19.8 Å². The van der Waals surface area contributed by atoms with E-state index in [0.717, 1.165) is 12.0 Å². The highest BCUT2D eigenvalue weighted by Gasteiger charge is 2.33. The van der Waals surface area contributed by atoms with Crippen LogP contribution in [0.25, 0.3) is 0 Å². The van der Waals surface area contributed by atoms with Gasteiger partial charge in [0.25, 0.3) is 11.8 Å². The first-order valence-electron chi connectivity index (χ1n) is 8.83. The van der Waals surface area contributed by atoms with Gasteiger partial charge in [-0.05, 0) is 44.2 Å². The molecule has 0 bridgehead atoms. The van der Waals surface area contributed by atoms with Crippen molar-refractivity contribution in [3.8, 4) is 17.6 Å². The van der Waals surface area contributed by atoms with Crippen LogP contribution in [0.5, 0.6) is 5.75 Å². The predicted octanol–water partition coefficient (Wildman–Crippen LogP) is 0.757. The SMILES string of the molecule is CC(C)(N)[C@H](NC(=O)c1ccc(OCC#CC2=CCOCC2)cc1)C(=O)NO. The van der Waals surface area contributed by atoms with Gasteiger partial charge < -0.3 is 20.5 Å². The largest absolute Gasteiger partial charge is 0.481 e. The Morgan fingerprint density at radius 1 is 1.36 bits per heavy atom. The third-order valence-electron chi connectivity index (χ3n) is 4.03. The molecule has 5 N–H and O–H groups in total. The van der Waals surface area contributed by atoms with Crippen LogP contribution in [0, 0.1) is 11.8 Å². The molecule has 1 aliphatic heterocycles. The number of nitrogens with two attached hydrogens (primary N) is 1. The number of hydrogen-bond acceptors (Lipinski definition) is 6. The van der Waals surface area contributed by atoms with Crippen molar-refractivity contribution in [3.05, 3.63) is 41.5 Å². The summed E-state index contributed by atoms with van der Waals surface area (Å²) in [4.78, 5) is 24.1. The molecule has 1 aromatic rings. The minimum atomic E-state index is -1.10. The smallest absolute Gasteiger partial charge is 0.267 e. The minimum absolute atomic E-state index is 0.226. The van der Waals surface area contributed by atoms with Crippen LogP contribution in [-0.2, 0) is 9.53 Å². The molecule has 0 aromatic heterocycles. The Labute approximate surface area is 164 Å². The van der Waals surface area contributed by atoms with Crippen LogP contribution in [0.1, 0.15) is 30.6 Å². The van der Waals surface area contributed by atoms with Gasteiger partial charge >= 0.3 is 0 Å². The van der Waals surface area contributed by atoms with Crippen molar-refractivity contribution in [2.45, 2.75) is 31.8 Å². The van der Waals surface area contributed by atoms with Gasteiger partial charge in [0.15, 0.2) is 0 Å². The summed E-state index contributed by atoms with van der Waals surface area (Å²) in [7, 11) is 0. The van der Waals surface area contributed by atoms with E-state index >= 15 is 0 Å². The van der Waals surface area contributed by atoms with Gasteiger partial charge in [-0.15, -0.1) is 0 Å². The van der Waals surface area contributed by atoms with Gasteiger partial charge in [-0.25, -0.2) is 5.48 Å². The van der Waals surface area contributed by atoms with Crippen LogP contribution in [0.2, 0.25) is 0 Å². The van der Waals surface area contributed by atoms with Crippen molar-refractivity contribution >= 4 is 11.8 Å². The second kappa shape index (κ2) is 9.90. The van der Waals surface area contributed by atoms with Crippen molar-refractivity contribution in [1.82, 2.24) is 10.8 Å². The lowest BCUT2D eigenvalue weighted by Crippen LogP contribution is -2.61. The molecular formula is C20H25N3O5. The number of benzene rings is 1. The van der Waals surface area contributed by atoms with E-state index in [9.17, 15) is 9.59 Å². The number of ether oxygens (including phenoxy) is 2. The lowest BCUT2D eigenvalue weighted by atomic mass is 9.95. The van der Waals surface area contributed by atoms with Crippen LogP contribution in [0.4, 0.5) is 0 Å². The number of amides is 2. The fourth-order valence-electron chi connectivity index (χ4n) is 2.48. The van der Waals surface area contributed by atoms with Gasteiger partial charge in [-0.2, -0.15) is 0 Å². The summed E-state index contributed by atoms with van der Waals surface area (Å²) in [6, 6.07) is 5.31. The van der Waals surface area contributed by atoms with Gasteiger partial charge in [-0.3, -0.25) is 14.8 Å². The topological polar surface area (TPSA) is 123 Å². The summed E-state index contributed by atoms with van der Waals surface area (Å²) in [6.45, 7) is 4.65. The zero-order valence-electron chi connectivity index (χ0n) is 16.0. The quantitative estimate of drug-likeness (QED) is 0.325. The van der Waals surface area contributed by atoms with E-state index in [1.54, 1.807) is 38.1 Å². The zero-order chi connectivity index (χ0) is 20.6. The van der Waals surface area contributed by atoms with Crippen molar-refractivity contribution in [1.29, 1.82) is 0 Å². The van der Waals surface area contributed by atoms with E-state index in [-0.39, 0.29) is 6.61 Å². The Kier molecular flexibility index (Phi) is 7.58. The second-order valence-electron chi connectivity index (χ2n) is 6.87. The number of carbonyl (C=O) groups excluding carboxylic acids is 2. The van der Waals surface area contributed by atoms with Crippen LogP contribution in [0.3, 0.4) is 0 Å². The molecule has 0 radical (unpaired) electrons. The van der Waals surface area contributed by atoms with Crippen molar-refractivity contribution in [2.24, 2.45) is 5.73 Å². The monoisotopic (exact) mass is 387 g/mol. The first-order chi connectivity index (χ1) is 13.3. The average molecular weight is 387 g/mol. The number of nitrogens with one attached hydrogen (secondary N) is 2. The molecule has 0 fully saturated rings. The molecule has 150 valence electrons. The van der Waals surface area contributed by atoms with Crippen molar-refractivity contribution in [3.63, 3.8) is 0 Å².